The molecular formula is C11H22N2O2. The van der Waals surface area contributed by atoms with Gasteiger partial charge in [-0.25, -0.2) is 0 Å². The van der Waals surface area contributed by atoms with Crippen LogP contribution < -0.4 is 10.6 Å². The van der Waals surface area contributed by atoms with Crippen molar-refractivity contribution in [3.05, 3.63) is 0 Å². The highest BCUT2D eigenvalue weighted by Gasteiger charge is 2.25. The van der Waals surface area contributed by atoms with Crippen LogP contribution in [0.25, 0.3) is 0 Å². The molecule has 0 aromatic carbocycles. The van der Waals surface area contributed by atoms with Gasteiger partial charge in [-0.1, -0.05) is 6.92 Å². The fraction of sp³-hybridized carbons (Fsp3) is 0.909. The van der Waals surface area contributed by atoms with Crippen molar-refractivity contribution in [2.75, 3.05) is 26.8 Å². The molecule has 1 amide bonds. The third-order valence-electron chi connectivity index (χ3n) is 2.75. The summed E-state index contributed by atoms with van der Waals surface area (Å²) in [6.45, 7) is 6.53. The Labute approximate surface area is 91.8 Å². The van der Waals surface area contributed by atoms with E-state index in [0.717, 1.165) is 19.5 Å². The van der Waals surface area contributed by atoms with Crippen molar-refractivity contribution < 1.29 is 9.53 Å². The van der Waals surface area contributed by atoms with Crippen molar-refractivity contribution >= 4 is 5.91 Å². The molecule has 0 aromatic heterocycles. The van der Waals surface area contributed by atoms with E-state index in [4.69, 9.17) is 4.74 Å². The molecule has 0 saturated carbocycles. The van der Waals surface area contributed by atoms with Crippen LogP contribution in [0.4, 0.5) is 0 Å². The Balaban J connectivity index is 2.32. The standard InChI is InChI=1S/C11H22N2O2/c1-8-4-10(6-12-5-8)11(14)13-9(2)7-15-3/h8-10,12H,4-7H2,1-3H3,(H,13,14). The summed E-state index contributed by atoms with van der Waals surface area (Å²) < 4.78 is 4.98. The van der Waals surface area contributed by atoms with Crippen LogP contribution in [0.15, 0.2) is 0 Å². The predicted octanol–water partition coefficient (Wildman–Crippen LogP) is 0.383. The first-order valence-electron chi connectivity index (χ1n) is 5.63. The molecule has 15 heavy (non-hydrogen) atoms. The Bertz CT molecular complexity index is 209. The summed E-state index contributed by atoms with van der Waals surface area (Å²) in [7, 11) is 1.65. The van der Waals surface area contributed by atoms with E-state index in [9.17, 15) is 4.79 Å². The van der Waals surface area contributed by atoms with Gasteiger partial charge in [0.15, 0.2) is 0 Å². The topological polar surface area (TPSA) is 50.4 Å². The van der Waals surface area contributed by atoms with E-state index in [1.54, 1.807) is 7.11 Å². The second-order valence-corrected chi connectivity index (χ2v) is 4.56. The van der Waals surface area contributed by atoms with Crippen LogP contribution in [-0.4, -0.2) is 38.8 Å². The van der Waals surface area contributed by atoms with Gasteiger partial charge in [-0.2, -0.15) is 0 Å². The Morgan fingerprint density at radius 3 is 2.93 bits per heavy atom. The second-order valence-electron chi connectivity index (χ2n) is 4.56. The van der Waals surface area contributed by atoms with Crippen LogP contribution in [0.3, 0.4) is 0 Å². The smallest absolute Gasteiger partial charge is 0.224 e. The highest BCUT2D eigenvalue weighted by molar-refractivity contribution is 5.79. The summed E-state index contributed by atoms with van der Waals surface area (Å²) in [5.74, 6) is 0.860. The number of hydrogen-bond donors (Lipinski definition) is 2. The minimum atomic E-state index is 0.0970. The van der Waals surface area contributed by atoms with Gasteiger partial charge in [-0.15, -0.1) is 0 Å². The molecule has 0 aromatic rings. The van der Waals surface area contributed by atoms with Gasteiger partial charge >= 0.3 is 0 Å². The molecular weight excluding hydrogens is 192 g/mol. The van der Waals surface area contributed by atoms with Gasteiger partial charge in [0.25, 0.3) is 0 Å². The molecule has 3 unspecified atom stereocenters. The van der Waals surface area contributed by atoms with Gasteiger partial charge < -0.3 is 15.4 Å². The van der Waals surface area contributed by atoms with Crippen molar-refractivity contribution in [1.82, 2.24) is 10.6 Å². The van der Waals surface area contributed by atoms with Gasteiger partial charge in [0.2, 0.25) is 5.91 Å². The SMILES string of the molecule is COCC(C)NC(=O)C1CNCC(C)C1. The number of rotatable bonds is 4. The predicted molar refractivity (Wildman–Crippen MR) is 59.6 cm³/mol. The van der Waals surface area contributed by atoms with Crippen molar-refractivity contribution in [2.45, 2.75) is 26.3 Å². The van der Waals surface area contributed by atoms with Gasteiger partial charge in [-0.05, 0) is 25.8 Å². The van der Waals surface area contributed by atoms with Crippen molar-refractivity contribution in [2.24, 2.45) is 11.8 Å². The third kappa shape index (κ3) is 4.18. The molecule has 88 valence electrons. The van der Waals surface area contributed by atoms with E-state index in [1.807, 2.05) is 6.92 Å². The highest BCUT2D eigenvalue weighted by atomic mass is 16.5. The molecule has 0 radical (unpaired) electrons. The Morgan fingerprint density at radius 1 is 1.60 bits per heavy atom. The fourth-order valence-electron chi connectivity index (χ4n) is 2.01. The molecule has 4 heteroatoms. The van der Waals surface area contributed by atoms with E-state index in [2.05, 4.69) is 17.6 Å². The van der Waals surface area contributed by atoms with E-state index in [1.165, 1.54) is 0 Å². The first kappa shape index (κ1) is 12.5. The minimum absolute atomic E-state index is 0.0970. The quantitative estimate of drug-likeness (QED) is 0.711. The molecule has 1 aliphatic rings. The molecule has 3 atom stereocenters. The van der Waals surface area contributed by atoms with Crippen LogP contribution in [0.1, 0.15) is 20.3 Å². The van der Waals surface area contributed by atoms with E-state index >= 15 is 0 Å². The van der Waals surface area contributed by atoms with Crippen LogP contribution in [0.5, 0.6) is 0 Å². The number of methoxy groups -OCH3 is 1. The number of carbonyl (C=O) groups excluding carboxylic acids is 1. The Hall–Kier alpha value is -0.610. The lowest BCUT2D eigenvalue weighted by Gasteiger charge is -2.27. The maximum Gasteiger partial charge on any atom is 0.224 e. The zero-order valence-electron chi connectivity index (χ0n) is 9.88. The van der Waals surface area contributed by atoms with Gasteiger partial charge in [0, 0.05) is 19.7 Å². The maximum absolute atomic E-state index is 11.8. The summed E-state index contributed by atoms with van der Waals surface area (Å²) in [5, 5.41) is 6.25. The summed E-state index contributed by atoms with van der Waals surface area (Å²) >= 11 is 0. The molecule has 1 aliphatic heterocycles. The first-order valence-corrected chi connectivity index (χ1v) is 5.63. The second kappa shape index (κ2) is 6.08. The lowest BCUT2D eigenvalue weighted by atomic mass is 9.91. The summed E-state index contributed by atoms with van der Waals surface area (Å²) in [4.78, 5) is 11.8. The van der Waals surface area contributed by atoms with Crippen molar-refractivity contribution in [3.63, 3.8) is 0 Å². The zero-order valence-corrected chi connectivity index (χ0v) is 9.88. The van der Waals surface area contributed by atoms with E-state index in [-0.39, 0.29) is 17.9 Å². The number of amides is 1. The highest BCUT2D eigenvalue weighted by Crippen LogP contribution is 2.15. The summed E-state index contributed by atoms with van der Waals surface area (Å²) in [6, 6.07) is 0.0970. The van der Waals surface area contributed by atoms with Gasteiger partial charge in [0.05, 0.1) is 12.5 Å². The Morgan fingerprint density at radius 2 is 2.33 bits per heavy atom. The Kier molecular flexibility index (Phi) is 5.05. The summed E-state index contributed by atoms with van der Waals surface area (Å²) in [5.41, 5.74) is 0. The molecule has 1 heterocycles. The van der Waals surface area contributed by atoms with Gasteiger partial charge in [0.1, 0.15) is 0 Å². The molecule has 2 N–H and O–H groups in total. The lowest BCUT2D eigenvalue weighted by Crippen LogP contribution is -2.46. The number of carbonyl (C=O) groups is 1. The third-order valence-corrected chi connectivity index (χ3v) is 2.75. The van der Waals surface area contributed by atoms with Crippen molar-refractivity contribution in [3.8, 4) is 0 Å². The first-order chi connectivity index (χ1) is 7.13. The summed E-state index contributed by atoms with van der Waals surface area (Å²) in [6.07, 6.45) is 0.985. The average Bonchev–Trinajstić information content (AvgIpc) is 2.18. The molecule has 1 fully saturated rings. The van der Waals surface area contributed by atoms with Crippen LogP contribution in [-0.2, 0) is 9.53 Å². The van der Waals surface area contributed by atoms with E-state index < -0.39 is 0 Å². The average molecular weight is 214 g/mol. The maximum atomic E-state index is 11.8. The largest absolute Gasteiger partial charge is 0.383 e. The zero-order chi connectivity index (χ0) is 11.3. The normalized spacial score (nSPS) is 28.5. The van der Waals surface area contributed by atoms with Gasteiger partial charge in [-0.3, -0.25) is 4.79 Å². The number of hydrogen-bond acceptors (Lipinski definition) is 3. The molecule has 1 saturated heterocycles. The number of ether oxygens (including phenoxy) is 1. The minimum Gasteiger partial charge on any atom is -0.383 e. The van der Waals surface area contributed by atoms with Crippen LogP contribution >= 0.6 is 0 Å². The molecule has 4 nitrogen and oxygen atoms in total. The van der Waals surface area contributed by atoms with E-state index in [0.29, 0.717) is 12.5 Å². The molecule has 0 bridgehead atoms. The fourth-order valence-corrected chi connectivity index (χ4v) is 2.01. The molecule has 0 aliphatic carbocycles. The lowest BCUT2D eigenvalue weighted by molar-refractivity contribution is -0.126. The monoisotopic (exact) mass is 214 g/mol. The molecule has 0 spiro atoms. The van der Waals surface area contributed by atoms with Crippen molar-refractivity contribution in [1.29, 1.82) is 0 Å². The van der Waals surface area contributed by atoms with Crippen LogP contribution in [0, 0.1) is 11.8 Å². The number of piperidine rings is 1. The molecule has 1 rings (SSSR count). The van der Waals surface area contributed by atoms with Crippen LogP contribution in [0.2, 0.25) is 0 Å². The number of nitrogens with one attached hydrogen (secondary N) is 2.